The molecule has 0 spiro atoms. The van der Waals surface area contributed by atoms with Crippen LogP contribution in [0.2, 0.25) is 0 Å². The standard InChI is InChI=1S/C13H15NO4/c1-9-3-4-11(10(2)7-9)5-6-12(15)14-18-8-13(16)17/h3-7H,8H2,1-2H3,(H,14,15)(H,16,17). The second kappa shape index (κ2) is 6.56. The number of carboxylic acids is 1. The van der Waals surface area contributed by atoms with E-state index in [9.17, 15) is 9.59 Å². The molecule has 0 heterocycles. The lowest BCUT2D eigenvalue weighted by molar-refractivity contribution is -0.147. The van der Waals surface area contributed by atoms with Crippen molar-refractivity contribution in [3.8, 4) is 0 Å². The number of hydrogen-bond donors (Lipinski definition) is 2. The highest BCUT2D eigenvalue weighted by Crippen LogP contribution is 2.11. The fraction of sp³-hybridized carbons (Fsp3) is 0.231. The predicted molar refractivity (Wildman–Crippen MR) is 66.7 cm³/mol. The second-order valence-corrected chi connectivity index (χ2v) is 3.84. The zero-order chi connectivity index (χ0) is 13.5. The first-order chi connectivity index (χ1) is 8.49. The summed E-state index contributed by atoms with van der Waals surface area (Å²) in [5, 5.41) is 8.30. The van der Waals surface area contributed by atoms with Crippen molar-refractivity contribution < 1.29 is 19.5 Å². The number of hydrogen-bond acceptors (Lipinski definition) is 3. The van der Waals surface area contributed by atoms with Gasteiger partial charge in [-0.05, 0) is 31.1 Å². The van der Waals surface area contributed by atoms with Gasteiger partial charge < -0.3 is 5.11 Å². The van der Waals surface area contributed by atoms with Crippen molar-refractivity contribution in [2.24, 2.45) is 0 Å². The van der Waals surface area contributed by atoms with Gasteiger partial charge in [0.05, 0.1) is 0 Å². The van der Waals surface area contributed by atoms with E-state index in [1.165, 1.54) is 6.08 Å². The average Bonchev–Trinajstić information content (AvgIpc) is 2.27. The topological polar surface area (TPSA) is 75.6 Å². The van der Waals surface area contributed by atoms with E-state index in [2.05, 4.69) is 4.84 Å². The molecule has 0 saturated heterocycles. The zero-order valence-electron chi connectivity index (χ0n) is 10.3. The van der Waals surface area contributed by atoms with Gasteiger partial charge in [0.15, 0.2) is 6.61 Å². The highest BCUT2D eigenvalue weighted by molar-refractivity contribution is 5.91. The Labute approximate surface area is 105 Å². The molecule has 18 heavy (non-hydrogen) atoms. The molecule has 1 rings (SSSR count). The van der Waals surface area contributed by atoms with E-state index < -0.39 is 18.5 Å². The maximum atomic E-state index is 11.3. The van der Waals surface area contributed by atoms with E-state index in [4.69, 9.17) is 5.11 Å². The van der Waals surface area contributed by atoms with E-state index in [0.717, 1.165) is 16.7 Å². The number of carboxylic acid groups (broad SMARTS) is 1. The largest absolute Gasteiger partial charge is 0.479 e. The Morgan fingerprint density at radius 3 is 2.72 bits per heavy atom. The van der Waals surface area contributed by atoms with Gasteiger partial charge in [-0.2, -0.15) is 0 Å². The van der Waals surface area contributed by atoms with E-state index >= 15 is 0 Å². The van der Waals surface area contributed by atoms with Crippen LogP contribution in [0.25, 0.3) is 6.08 Å². The van der Waals surface area contributed by atoms with Crippen molar-refractivity contribution in [3.63, 3.8) is 0 Å². The van der Waals surface area contributed by atoms with E-state index in [0.29, 0.717) is 0 Å². The third-order valence-electron chi connectivity index (χ3n) is 2.21. The number of amides is 1. The molecule has 1 aromatic rings. The molecule has 0 aliphatic heterocycles. The lowest BCUT2D eigenvalue weighted by Crippen LogP contribution is -2.24. The molecule has 0 atom stereocenters. The van der Waals surface area contributed by atoms with Gasteiger partial charge in [0.2, 0.25) is 0 Å². The Morgan fingerprint density at radius 2 is 2.11 bits per heavy atom. The Morgan fingerprint density at radius 1 is 1.39 bits per heavy atom. The summed E-state index contributed by atoms with van der Waals surface area (Å²) in [7, 11) is 0. The van der Waals surface area contributed by atoms with Crippen LogP contribution < -0.4 is 5.48 Å². The highest BCUT2D eigenvalue weighted by Gasteiger charge is 2.00. The van der Waals surface area contributed by atoms with Crippen LogP contribution in [0.4, 0.5) is 0 Å². The highest BCUT2D eigenvalue weighted by atomic mass is 16.7. The van der Waals surface area contributed by atoms with Gasteiger partial charge in [-0.15, -0.1) is 0 Å². The van der Waals surface area contributed by atoms with Crippen molar-refractivity contribution in [2.75, 3.05) is 6.61 Å². The molecule has 1 amide bonds. The molecule has 96 valence electrons. The number of nitrogens with one attached hydrogen (secondary N) is 1. The van der Waals surface area contributed by atoms with Gasteiger partial charge in [0.25, 0.3) is 5.91 Å². The van der Waals surface area contributed by atoms with Crippen LogP contribution in [0.1, 0.15) is 16.7 Å². The quantitative estimate of drug-likeness (QED) is 0.611. The number of hydroxylamine groups is 1. The maximum Gasteiger partial charge on any atom is 0.332 e. The smallest absolute Gasteiger partial charge is 0.332 e. The van der Waals surface area contributed by atoms with Crippen LogP contribution in [0.5, 0.6) is 0 Å². The summed E-state index contributed by atoms with van der Waals surface area (Å²) in [6, 6.07) is 5.87. The van der Waals surface area contributed by atoms with Crippen LogP contribution >= 0.6 is 0 Å². The summed E-state index contributed by atoms with van der Waals surface area (Å²) in [6.07, 6.45) is 2.94. The first kappa shape index (κ1) is 13.9. The van der Waals surface area contributed by atoms with Crippen molar-refractivity contribution in [1.82, 2.24) is 5.48 Å². The number of carbonyl (C=O) groups excluding carboxylic acids is 1. The van der Waals surface area contributed by atoms with E-state index in [-0.39, 0.29) is 0 Å². The molecule has 0 fully saturated rings. The molecule has 0 aromatic heterocycles. The zero-order valence-corrected chi connectivity index (χ0v) is 10.3. The minimum Gasteiger partial charge on any atom is -0.479 e. The second-order valence-electron chi connectivity index (χ2n) is 3.84. The number of carbonyl (C=O) groups is 2. The Bertz CT molecular complexity index is 480. The van der Waals surface area contributed by atoms with Gasteiger partial charge in [0.1, 0.15) is 0 Å². The van der Waals surface area contributed by atoms with Crippen molar-refractivity contribution in [2.45, 2.75) is 13.8 Å². The SMILES string of the molecule is Cc1ccc(C=CC(=O)NOCC(=O)O)c(C)c1. The molecule has 2 N–H and O–H groups in total. The molecule has 1 aromatic carbocycles. The molecule has 0 saturated carbocycles. The van der Waals surface area contributed by atoms with Crippen LogP contribution in [0, 0.1) is 13.8 Å². The molecule has 0 aliphatic rings. The lowest BCUT2D eigenvalue weighted by atomic mass is 10.1. The Kier molecular flexibility index (Phi) is 5.07. The van der Waals surface area contributed by atoms with Crippen molar-refractivity contribution >= 4 is 18.0 Å². The third kappa shape index (κ3) is 4.80. The normalized spacial score (nSPS) is 10.6. The van der Waals surface area contributed by atoms with Crippen LogP contribution in [0.15, 0.2) is 24.3 Å². The maximum absolute atomic E-state index is 11.3. The molecule has 5 heteroatoms. The molecule has 0 bridgehead atoms. The van der Waals surface area contributed by atoms with Gasteiger partial charge in [-0.25, -0.2) is 10.3 Å². The van der Waals surface area contributed by atoms with Gasteiger partial charge >= 0.3 is 5.97 Å². The first-order valence-electron chi connectivity index (χ1n) is 5.38. The Balaban J connectivity index is 2.53. The van der Waals surface area contributed by atoms with Crippen LogP contribution in [-0.4, -0.2) is 23.6 Å². The summed E-state index contributed by atoms with van der Waals surface area (Å²) in [5.74, 6) is -1.65. The number of benzene rings is 1. The fourth-order valence-corrected chi connectivity index (χ4v) is 1.38. The Hall–Kier alpha value is -2.14. The minimum absolute atomic E-state index is 0.503. The van der Waals surface area contributed by atoms with Crippen LogP contribution in [-0.2, 0) is 14.4 Å². The molecule has 0 aliphatic carbocycles. The lowest BCUT2D eigenvalue weighted by Gasteiger charge is -2.02. The summed E-state index contributed by atoms with van der Waals surface area (Å²) < 4.78 is 0. The van der Waals surface area contributed by atoms with Crippen molar-refractivity contribution in [3.05, 3.63) is 41.0 Å². The van der Waals surface area contributed by atoms with E-state index in [1.54, 1.807) is 6.08 Å². The number of aryl methyl sites for hydroxylation is 2. The first-order valence-corrected chi connectivity index (χ1v) is 5.38. The number of aliphatic carboxylic acids is 1. The van der Waals surface area contributed by atoms with Gasteiger partial charge in [-0.3, -0.25) is 9.63 Å². The molecule has 5 nitrogen and oxygen atoms in total. The fourth-order valence-electron chi connectivity index (χ4n) is 1.38. The van der Waals surface area contributed by atoms with E-state index in [1.807, 2.05) is 37.5 Å². The third-order valence-corrected chi connectivity index (χ3v) is 2.21. The van der Waals surface area contributed by atoms with Gasteiger partial charge in [-0.1, -0.05) is 23.8 Å². The monoisotopic (exact) mass is 249 g/mol. The molecular weight excluding hydrogens is 234 g/mol. The minimum atomic E-state index is -1.14. The molecule has 0 unspecified atom stereocenters. The summed E-state index contributed by atoms with van der Waals surface area (Å²) in [4.78, 5) is 25.8. The summed E-state index contributed by atoms with van der Waals surface area (Å²) in [6.45, 7) is 3.38. The van der Waals surface area contributed by atoms with Crippen molar-refractivity contribution in [1.29, 1.82) is 0 Å². The van der Waals surface area contributed by atoms with Crippen LogP contribution in [0.3, 0.4) is 0 Å². The average molecular weight is 249 g/mol. The summed E-state index contributed by atoms with van der Waals surface area (Å²) >= 11 is 0. The number of rotatable bonds is 5. The predicted octanol–water partition coefficient (Wildman–Crippen LogP) is 1.45. The summed E-state index contributed by atoms with van der Waals surface area (Å²) in [5.41, 5.74) is 5.15. The van der Waals surface area contributed by atoms with Gasteiger partial charge in [0, 0.05) is 6.08 Å². The molecule has 0 radical (unpaired) electrons. The molecular formula is C13H15NO4.